The van der Waals surface area contributed by atoms with Gasteiger partial charge in [-0.05, 0) is 31.4 Å². The Morgan fingerprint density at radius 3 is 2.70 bits per heavy atom. The lowest BCUT2D eigenvalue weighted by molar-refractivity contribution is 0.141. The number of hydrogen-bond acceptors (Lipinski definition) is 3. The van der Waals surface area contributed by atoms with Crippen LogP contribution in [-0.4, -0.2) is 25.3 Å². The Morgan fingerprint density at radius 1 is 1.20 bits per heavy atom. The molecule has 0 spiro atoms. The van der Waals surface area contributed by atoms with Gasteiger partial charge >= 0.3 is 6.09 Å². The van der Waals surface area contributed by atoms with Gasteiger partial charge in [0.15, 0.2) is 0 Å². The van der Waals surface area contributed by atoms with E-state index in [-0.39, 0.29) is 6.09 Å². The molecule has 2 N–H and O–H groups in total. The van der Waals surface area contributed by atoms with Crippen LogP contribution in [0.1, 0.15) is 37.7 Å². The van der Waals surface area contributed by atoms with E-state index in [1.807, 2.05) is 18.2 Å². The van der Waals surface area contributed by atoms with Crippen molar-refractivity contribution in [3.05, 3.63) is 35.9 Å². The Kier molecular flexibility index (Phi) is 6.38. The van der Waals surface area contributed by atoms with E-state index < -0.39 is 0 Å². The molecule has 0 radical (unpaired) electrons. The minimum absolute atomic E-state index is 0.264. The molecular weight excluding hydrogens is 252 g/mol. The van der Waals surface area contributed by atoms with Crippen LogP contribution in [0.2, 0.25) is 0 Å². The average Bonchev–Trinajstić information content (AvgIpc) is 2.96. The largest absolute Gasteiger partial charge is 0.450 e. The summed E-state index contributed by atoms with van der Waals surface area (Å²) in [4.78, 5) is 11.5. The van der Waals surface area contributed by atoms with Gasteiger partial charge in [0.1, 0.15) is 0 Å². The fraction of sp³-hybridized carbons (Fsp3) is 0.562. The lowest BCUT2D eigenvalue weighted by Crippen LogP contribution is -2.33. The first-order valence-electron chi connectivity index (χ1n) is 7.52. The second-order valence-electron chi connectivity index (χ2n) is 5.28. The lowest BCUT2D eigenvalue weighted by Gasteiger charge is -2.12. The summed E-state index contributed by atoms with van der Waals surface area (Å²) in [6.45, 7) is 2.18. The highest BCUT2D eigenvalue weighted by atomic mass is 16.5. The Bertz CT molecular complexity index is 389. The molecule has 1 aliphatic carbocycles. The molecule has 1 saturated carbocycles. The highest BCUT2D eigenvalue weighted by molar-refractivity contribution is 5.67. The smallest absolute Gasteiger partial charge is 0.407 e. The van der Waals surface area contributed by atoms with Crippen molar-refractivity contribution in [3.63, 3.8) is 0 Å². The Morgan fingerprint density at radius 2 is 1.95 bits per heavy atom. The summed E-state index contributed by atoms with van der Waals surface area (Å²) in [5.41, 5.74) is 1.27. The van der Waals surface area contributed by atoms with Crippen molar-refractivity contribution >= 4 is 6.09 Å². The second-order valence-corrected chi connectivity index (χ2v) is 5.28. The topological polar surface area (TPSA) is 50.4 Å². The van der Waals surface area contributed by atoms with Crippen LogP contribution >= 0.6 is 0 Å². The number of ether oxygens (including phenoxy) is 1. The standard InChI is InChI=1S/C16H24N2O2/c19-16(18-15-9-4-5-10-15)20-12-6-11-17-13-14-7-2-1-3-8-14/h1-3,7-8,15,17H,4-6,9-13H2,(H,18,19). The third-order valence-corrected chi connectivity index (χ3v) is 3.58. The molecule has 20 heavy (non-hydrogen) atoms. The van der Waals surface area contributed by atoms with E-state index in [0.29, 0.717) is 12.6 Å². The molecule has 1 aromatic rings. The van der Waals surface area contributed by atoms with Gasteiger partial charge in [0.2, 0.25) is 0 Å². The second kappa shape index (κ2) is 8.59. The van der Waals surface area contributed by atoms with Crippen molar-refractivity contribution in [1.29, 1.82) is 0 Å². The first-order valence-corrected chi connectivity index (χ1v) is 7.52. The van der Waals surface area contributed by atoms with E-state index in [1.54, 1.807) is 0 Å². The van der Waals surface area contributed by atoms with Crippen molar-refractivity contribution < 1.29 is 9.53 Å². The van der Waals surface area contributed by atoms with Gasteiger partial charge in [0.05, 0.1) is 6.61 Å². The van der Waals surface area contributed by atoms with Crippen LogP contribution in [0.15, 0.2) is 30.3 Å². The molecule has 1 aromatic carbocycles. The monoisotopic (exact) mass is 276 g/mol. The lowest BCUT2D eigenvalue weighted by atomic mass is 10.2. The SMILES string of the molecule is O=C(NC1CCCC1)OCCCNCc1ccccc1. The summed E-state index contributed by atoms with van der Waals surface area (Å²) < 4.78 is 5.17. The van der Waals surface area contributed by atoms with Gasteiger partial charge in [0.25, 0.3) is 0 Å². The van der Waals surface area contributed by atoms with Crippen molar-refractivity contribution in [1.82, 2.24) is 10.6 Å². The summed E-state index contributed by atoms with van der Waals surface area (Å²) in [6.07, 6.45) is 5.19. The quantitative estimate of drug-likeness (QED) is 0.753. The van der Waals surface area contributed by atoms with Crippen LogP contribution in [0, 0.1) is 0 Å². The van der Waals surface area contributed by atoms with Crippen LogP contribution in [0.4, 0.5) is 4.79 Å². The molecule has 1 fully saturated rings. The number of benzene rings is 1. The fourth-order valence-corrected chi connectivity index (χ4v) is 2.47. The molecule has 0 saturated heterocycles. The number of hydrogen-bond donors (Lipinski definition) is 2. The van der Waals surface area contributed by atoms with E-state index in [1.165, 1.54) is 18.4 Å². The molecule has 0 bridgehead atoms. The van der Waals surface area contributed by atoms with Gasteiger partial charge in [-0.1, -0.05) is 43.2 Å². The minimum atomic E-state index is -0.264. The van der Waals surface area contributed by atoms with Gasteiger partial charge in [-0.15, -0.1) is 0 Å². The van der Waals surface area contributed by atoms with E-state index in [2.05, 4.69) is 22.8 Å². The van der Waals surface area contributed by atoms with E-state index >= 15 is 0 Å². The molecule has 110 valence electrons. The maximum Gasteiger partial charge on any atom is 0.407 e. The van der Waals surface area contributed by atoms with Crippen molar-refractivity contribution in [2.45, 2.75) is 44.7 Å². The molecule has 4 nitrogen and oxygen atoms in total. The number of carbonyl (C=O) groups is 1. The maximum absolute atomic E-state index is 11.5. The first kappa shape index (κ1) is 14.9. The van der Waals surface area contributed by atoms with Crippen LogP contribution in [0.3, 0.4) is 0 Å². The van der Waals surface area contributed by atoms with Gasteiger partial charge < -0.3 is 15.4 Å². The Labute approximate surface area is 120 Å². The summed E-state index contributed by atoms with van der Waals surface area (Å²) in [7, 11) is 0. The molecule has 1 amide bonds. The van der Waals surface area contributed by atoms with E-state index in [4.69, 9.17) is 4.74 Å². The minimum Gasteiger partial charge on any atom is -0.450 e. The summed E-state index contributed by atoms with van der Waals surface area (Å²) in [5, 5.41) is 6.25. The molecule has 0 heterocycles. The zero-order valence-corrected chi connectivity index (χ0v) is 11.9. The van der Waals surface area contributed by atoms with Crippen molar-refractivity contribution in [2.75, 3.05) is 13.2 Å². The van der Waals surface area contributed by atoms with Crippen LogP contribution in [-0.2, 0) is 11.3 Å². The van der Waals surface area contributed by atoms with Crippen molar-refractivity contribution in [3.8, 4) is 0 Å². The third kappa shape index (κ3) is 5.61. The summed E-state index contributed by atoms with van der Waals surface area (Å²) in [6, 6.07) is 10.6. The highest BCUT2D eigenvalue weighted by Crippen LogP contribution is 2.17. The van der Waals surface area contributed by atoms with E-state index in [0.717, 1.165) is 32.4 Å². The van der Waals surface area contributed by atoms with Crippen molar-refractivity contribution in [2.24, 2.45) is 0 Å². The predicted molar refractivity (Wildman–Crippen MR) is 79.5 cm³/mol. The zero-order chi connectivity index (χ0) is 14.0. The summed E-state index contributed by atoms with van der Waals surface area (Å²) >= 11 is 0. The summed E-state index contributed by atoms with van der Waals surface area (Å²) in [5.74, 6) is 0. The number of amides is 1. The van der Waals surface area contributed by atoms with Crippen LogP contribution in [0.25, 0.3) is 0 Å². The maximum atomic E-state index is 11.5. The Hall–Kier alpha value is -1.55. The normalized spacial score (nSPS) is 15.2. The molecule has 0 atom stereocenters. The van der Waals surface area contributed by atoms with Gasteiger partial charge in [-0.25, -0.2) is 4.79 Å². The number of alkyl carbamates (subject to hydrolysis) is 1. The van der Waals surface area contributed by atoms with Crippen LogP contribution < -0.4 is 10.6 Å². The number of carbonyl (C=O) groups excluding carboxylic acids is 1. The highest BCUT2D eigenvalue weighted by Gasteiger charge is 2.17. The molecule has 0 aromatic heterocycles. The number of rotatable bonds is 7. The molecule has 2 rings (SSSR count). The zero-order valence-electron chi connectivity index (χ0n) is 11.9. The fourth-order valence-electron chi connectivity index (χ4n) is 2.47. The molecule has 1 aliphatic rings. The Balaban J connectivity index is 1.46. The van der Waals surface area contributed by atoms with Gasteiger partial charge in [0, 0.05) is 12.6 Å². The molecular formula is C16H24N2O2. The predicted octanol–water partition coefficient (Wildman–Crippen LogP) is 2.84. The van der Waals surface area contributed by atoms with E-state index in [9.17, 15) is 4.79 Å². The molecule has 0 aliphatic heterocycles. The first-order chi connectivity index (χ1) is 9.84. The number of nitrogens with one attached hydrogen (secondary N) is 2. The van der Waals surface area contributed by atoms with Gasteiger partial charge in [-0.2, -0.15) is 0 Å². The molecule has 4 heteroatoms. The molecule has 0 unspecified atom stereocenters. The van der Waals surface area contributed by atoms with Crippen LogP contribution in [0.5, 0.6) is 0 Å². The van der Waals surface area contributed by atoms with Gasteiger partial charge in [-0.3, -0.25) is 0 Å². The third-order valence-electron chi connectivity index (χ3n) is 3.58. The average molecular weight is 276 g/mol.